The number of nitrogens with zero attached hydrogens (tertiary/aromatic N) is 1. The minimum absolute atomic E-state index is 0.0151. The first-order valence-electron chi connectivity index (χ1n) is 9.02. The Balaban J connectivity index is 1.81. The lowest BCUT2D eigenvalue weighted by Gasteiger charge is -2.22. The average Bonchev–Trinajstić information content (AvgIpc) is 3.16. The fourth-order valence-corrected chi connectivity index (χ4v) is 4.20. The molecule has 2 aromatic rings. The normalized spacial score (nSPS) is 16.8. The molecule has 0 saturated carbocycles. The van der Waals surface area contributed by atoms with Crippen molar-refractivity contribution in [2.24, 2.45) is 0 Å². The van der Waals surface area contributed by atoms with Crippen LogP contribution in [0, 0.1) is 12.7 Å². The van der Waals surface area contributed by atoms with E-state index in [2.05, 4.69) is 4.72 Å². The SMILES string of the molecule is Cc1ccc(S(=O)(=O)Nc2ccc(F)cc2)cc1C(=O)N(C)CC1CCCO1. The molecule has 3 rings (SSSR count). The van der Waals surface area contributed by atoms with E-state index in [1.807, 2.05) is 0 Å². The van der Waals surface area contributed by atoms with Gasteiger partial charge in [0.05, 0.1) is 11.0 Å². The van der Waals surface area contributed by atoms with Gasteiger partial charge in [-0.2, -0.15) is 0 Å². The van der Waals surface area contributed by atoms with Crippen LogP contribution in [0.15, 0.2) is 47.4 Å². The first-order chi connectivity index (χ1) is 13.3. The third-order valence-corrected chi connectivity index (χ3v) is 6.07. The highest BCUT2D eigenvalue weighted by Gasteiger charge is 2.23. The summed E-state index contributed by atoms with van der Waals surface area (Å²) in [5, 5.41) is 0. The fourth-order valence-electron chi connectivity index (χ4n) is 3.11. The molecule has 1 saturated heterocycles. The zero-order valence-corrected chi connectivity index (χ0v) is 16.6. The van der Waals surface area contributed by atoms with E-state index in [-0.39, 0.29) is 22.6 Å². The zero-order valence-electron chi connectivity index (χ0n) is 15.8. The molecule has 0 aromatic heterocycles. The van der Waals surface area contributed by atoms with E-state index in [9.17, 15) is 17.6 Å². The number of amides is 1. The van der Waals surface area contributed by atoms with Crippen LogP contribution in [0.2, 0.25) is 0 Å². The second kappa shape index (κ2) is 8.28. The van der Waals surface area contributed by atoms with E-state index >= 15 is 0 Å². The molecule has 1 atom stereocenters. The quantitative estimate of drug-likeness (QED) is 0.799. The van der Waals surface area contributed by atoms with Crippen molar-refractivity contribution in [2.45, 2.75) is 30.8 Å². The Kier molecular flexibility index (Phi) is 6.00. The number of aryl methyl sites for hydroxylation is 1. The van der Waals surface area contributed by atoms with Crippen molar-refractivity contribution in [3.05, 3.63) is 59.4 Å². The molecule has 1 aliphatic heterocycles. The number of rotatable bonds is 6. The van der Waals surface area contributed by atoms with E-state index < -0.39 is 15.8 Å². The topological polar surface area (TPSA) is 75.7 Å². The molecule has 1 N–H and O–H groups in total. The number of hydrogen-bond donors (Lipinski definition) is 1. The van der Waals surface area contributed by atoms with Gasteiger partial charge in [0.1, 0.15) is 5.82 Å². The van der Waals surface area contributed by atoms with Crippen molar-refractivity contribution in [1.29, 1.82) is 0 Å². The minimum atomic E-state index is -3.91. The summed E-state index contributed by atoms with van der Waals surface area (Å²) in [7, 11) is -2.23. The predicted octanol–water partition coefficient (Wildman–Crippen LogP) is 3.19. The van der Waals surface area contributed by atoms with Gasteiger partial charge in [-0.1, -0.05) is 6.07 Å². The first kappa shape index (κ1) is 20.3. The molecule has 6 nitrogen and oxygen atoms in total. The van der Waals surface area contributed by atoms with Gasteiger partial charge in [0.2, 0.25) is 0 Å². The van der Waals surface area contributed by atoms with E-state index in [0.717, 1.165) is 12.8 Å². The third-order valence-electron chi connectivity index (χ3n) is 4.69. The number of anilines is 1. The van der Waals surface area contributed by atoms with Crippen molar-refractivity contribution in [3.8, 4) is 0 Å². The Labute approximate surface area is 164 Å². The number of ether oxygens (including phenoxy) is 1. The van der Waals surface area contributed by atoms with Crippen LogP contribution >= 0.6 is 0 Å². The lowest BCUT2D eigenvalue weighted by molar-refractivity contribution is 0.0586. The van der Waals surface area contributed by atoms with Crippen LogP contribution in [0.4, 0.5) is 10.1 Å². The monoisotopic (exact) mass is 406 g/mol. The smallest absolute Gasteiger partial charge is 0.261 e. The van der Waals surface area contributed by atoms with Crippen molar-refractivity contribution in [1.82, 2.24) is 4.90 Å². The molecule has 0 radical (unpaired) electrons. The van der Waals surface area contributed by atoms with Gasteiger partial charge < -0.3 is 9.64 Å². The summed E-state index contributed by atoms with van der Waals surface area (Å²) in [5.41, 5.74) is 1.25. The van der Waals surface area contributed by atoms with E-state index in [0.29, 0.717) is 24.3 Å². The van der Waals surface area contributed by atoms with Gasteiger partial charge in [-0.25, -0.2) is 12.8 Å². The third kappa shape index (κ3) is 4.69. The maximum Gasteiger partial charge on any atom is 0.261 e. The van der Waals surface area contributed by atoms with E-state index in [1.165, 1.54) is 36.4 Å². The summed E-state index contributed by atoms with van der Waals surface area (Å²) in [6.07, 6.45) is 1.91. The Morgan fingerprint density at radius 1 is 1.25 bits per heavy atom. The van der Waals surface area contributed by atoms with E-state index in [1.54, 1.807) is 24.9 Å². The Hall–Kier alpha value is -2.45. The molecule has 0 bridgehead atoms. The highest BCUT2D eigenvalue weighted by Crippen LogP contribution is 2.21. The first-order valence-corrected chi connectivity index (χ1v) is 10.5. The molecule has 0 aliphatic carbocycles. The van der Waals surface area contributed by atoms with Crippen LogP contribution in [-0.4, -0.2) is 45.5 Å². The summed E-state index contributed by atoms with van der Waals surface area (Å²) in [6, 6.07) is 9.43. The molecule has 1 amide bonds. The molecule has 2 aromatic carbocycles. The van der Waals surface area contributed by atoms with Crippen molar-refractivity contribution in [2.75, 3.05) is 24.9 Å². The molecular formula is C20H23FN2O4S. The number of halogens is 1. The van der Waals surface area contributed by atoms with Crippen molar-refractivity contribution >= 4 is 21.6 Å². The van der Waals surface area contributed by atoms with Crippen LogP contribution in [0.25, 0.3) is 0 Å². The van der Waals surface area contributed by atoms with Gasteiger partial charge >= 0.3 is 0 Å². The van der Waals surface area contributed by atoms with Crippen molar-refractivity contribution < 1.29 is 22.3 Å². The summed E-state index contributed by atoms with van der Waals surface area (Å²) in [6.45, 7) is 2.93. The summed E-state index contributed by atoms with van der Waals surface area (Å²) in [4.78, 5) is 14.4. The molecule has 0 spiro atoms. The molecule has 1 fully saturated rings. The van der Waals surface area contributed by atoms with Gasteiger partial charge in [-0.15, -0.1) is 0 Å². The highest BCUT2D eigenvalue weighted by molar-refractivity contribution is 7.92. The Morgan fingerprint density at radius 3 is 2.61 bits per heavy atom. The zero-order chi connectivity index (χ0) is 20.3. The van der Waals surface area contributed by atoms with Crippen LogP contribution < -0.4 is 4.72 Å². The summed E-state index contributed by atoms with van der Waals surface area (Å²) < 4.78 is 46.3. The van der Waals surface area contributed by atoms with Crippen LogP contribution in [0.1, 0.15) is 28.8 Å². The number of hydrogen-bond acceptors (Lipinski definition) is 4. The van der Waals surface area contributed by atoms with E-state index in [4.69, 9.17) is 4.74 Å². The van der Waals surface area contributed by atoms with Gasteiger partial charge in [0, 0.05) is 31.5 Å². The van der Waals surface area contributed by atoms with Crippen molar-refractivity contribution in [3.63, 3.8) is 0 Å². The van der Waals surface area contributed by atoms with Gasteiger partial charge in [0.25, 0.3) is 15.9 Å². The molecule has 150 valence electrons. The second-order valence-electron chi connectivity index (χ2n) is 6.91. The number of benzene rings is 2. The van der Waals surface area contributed by atoms with Gasteiger partial charge in [-0.05, 0) is 61.7 Å². The molecule has 1 aliphatic rings. The molecule has 8 heteroatoms. The number of sulfonamides is 1. The number of carbonyl (C=O) groups excluding carboxylic acids is 1. The number of likely N-dealkylation sites (N-methyl/N-ethyl adjacent to an activating group) is 1. The van der Waals surface area contributed by atoms with Crippen LogP contribution in [0.5, 0.6) is 0 Å². The Morgan fingerprint density at radius 2 is 1.96 bits per heavy atom. The molecule has 28 heavy (non-hydrogen) atoms. The molecule has 1 unspecified atom stereocenters. The lowest BCUT2D eigenvalue weighted by atomic mass is 10.1. The summed E-state index contributed by atoms with van der Waals surface area (Å²) >= 11 is 0. The second-order valence-corrected chi connectivity index (χ2v) is 8.59. The fraction of sp³-hybridized carbons (Fsp3) is 0.350. The van der Waals surface area contributed by atoms with Gasteiger partial charge in [-0.3, -0.25) is 9.52 Å². The lowest BCUT2D eigenvalue weighted by Crippen LogP contribution is -2.34. The maximum absolute atomic E-state index is 13.0. The number of carbonyl (C=O) groups is 1. The maximum atomic E-state index is 13.0. The largest absolute Gasteiger partial charge is 0.376 e. The standard InChI is InChI=1S/C20H23FN2O4S/c1-14-5-10-18(28(25,26)22-16-8-6-15(21)7-9-16)12-19(14)20(24)23(2)13-17-4-3-11-27-17/h5-10,12,17,22H,3-4,11,13H2,1-2H3. The minimum Gasteiger partial charge on any atom is -0.376 e. The summed E-state index contributed by atoms with van der Waals surface area (Å²) in [5.74, 6) is -0.715. The average molecular weight is 406 g/mol. The number of nitrogens with one attached hydrogen (secondary N) is 1. The van der Waals surface area contributed by atoms with Gasteiger partial charge in [0.15, 0.2) is 0 Å². The Bertz CT molecular complexity index is 955. The molecule has 1 heterocycles. The molecular weight excluding hydrogens is 383 g/mol. The predicted molar refractivity (Wildman–Crippen MR) is 104 cm³/mol. The highest BCUT2D eigenvalue weighted by atomic mass is 32.2. The van der Waals surface area contributed by atoms with Crippen LogP contribution in [-0.2, 0) is 14.8 Å². The van der Waals surface area contributed by atoms with Crippen LogP contribution in [0.3, 0.4) is 0 Å².